The van der Waals surface area contributed by atoms with Crippen LogP contribution in [0.1, 0.15) is 5.69 Å². The van der Waals surface area contributed by atoms with Gasteiger partial charge in [0.05, 0.1) is 32.7 Å². The number of ether oxygens (including phenoxy) is 2. The van der Waals surface area contributed by atoms with Crippen LogP contribution in [0.5, 0.6) is 11.5 Å². The van der Waals surface area contributed by atoms with E-state index in [0.29, 0.717) is 18.0 Å². The lowest BCUT2D eigenvalue weighted by Gasteiger charge is -2.07. The molecular weight excluding hydrogens is 360 g/mol. The van der Waals surface area contributed by atoms with Crippen molar-refractivity contribution in [2.75, 3.05) is 14.2 Å². The molecule has 0 saturated heterocycles. The Morgan fingerprint density at radius 2 is 1.78 bits per heavy atom. The molecule has 4 rings (SSSR count). The smallest absolute Gasteiger partial charge is 0.161 e. The topological polar surface area (TPSA) is 62.1 Å². The third-order valence-corrected chi connectivity index (χ3v) is 5.05. The fourth-order valence-corrected chi connectivity index (χ4v) is 3.58. The van der Waals surface area contributed by atoms with Gasteiger partial charge in [0.25, 0.3) is 0 Å². The molecule has 0 unspecified atom stereocenters. The molecule has 136 valence electrons. The van der Waals surface area contributed by atoms with Gasteiger partial charge in [0, 0.05) is 16.5 Å². The number of hydrogen-bond acceptors (Lipinski definition) is 6. The van der Waals surface area contributed by atoms with Gasteiger partial charge >= 0.3 is 0 Å². The van der Waals surface area contributed by atoms with Gasteiger partial charge < -0.3 is 9.47 Å². The van der Waals surface area contributed by atoms with Crippen molar-refractivity contribution < 1.29 is 9.47 Å². The molecule has 7 heteroatoms. The first-order chi connectivity index (χ1) is 13.3. The van der Waals surface area contributed by atoms with E-state index in [4.69, 9.17) is 14.5 Å². The summed E-state index contributed by atoms with van der Waals surface area (Å²) < 4.78 is 12.4. The minimum absolute atomic E-state index is 0.573. The van der Waals surface area contributed by atoms with Gasteiger partial charge in [-0.05, 0) is 18.2 Å². The van der Waals surface area contributed by atoms with E-state index < -0.39 is 0 Å². The first-order valence-corrected chi connectivity index (χ1v) is 9.27. The van der Waals surface area contributed by atoms with Gasteiger partial charge in [-0.1, -0.05) is 35.5 Å². The maximum atomic E-state index is 5.36. The lowest BCUT2D eigenvalue weighted by atomic mass is 10.1. The summed E-state index contributed by atoms with van der Waals surface area (Å²) in [5.74, 6) is 1.35. The molecule has 0 saturated carbocycles. The Labute approximate surface area is 161 Å². The second-order valence-corrected chi connectivity index (χ2v) is 6.74. The second kappa shape index (κ2) is 7.59. The van der Waals surface area contributed by atoms with Crippen molar-refractivity contribution in [2.24, 2.45) is 0 Å². The summed E-state index contributed by atoms with van der Waals surface area (Å²) in [4.78, 5) is 4.70. The monoisotopic (exact) mass is 378 g/mol. The Kier molecular flexibility index (Phi) is 4.84. The summed E-state index contributed by atoms with van der Waals surface area (Å²) in [6.45, 7) is 0.573. The minimum atomic E-state index is 0.573. The van der Waals surface area contributed by atoms with Gasteiger partial charge in [-0.25, -0.2) is 9.67 Å². The standard InChI is InChI=1S/C20H18N4O2S/c1-25-18-9-8-15(10-19(18)26-2)17-12-24(23-22-17)11-16-13-27-20(21-16)14-6-4-3-5-7-14/h3-10,12-13H,11H2,1-2H3. The van der Waals surface area contributed by atoms with Crippen molar-refractivity contribution in [1.29, 1.82) is 0 Å². The SMILES string of the molecule is COc1ccc(-c2cn(Cc3csc(-c4ccccc4)n3)nn2)cc1OC. The lowest BCUT2D eigenvalue weighted by Crippen LogP contribution is -2.00. The molecule has 0 amide bonds. The lowest BCUT2D eigenvalue weighted by molar-refractivity contribution is 0.355. The Hall–Kier alpha value is -3.19. The number of rotatable bonds is 6. The summed E-state index contributed by atoms with van der Waals surface area (Å²) in [5.41, 5.74) is 3.78. The molecule has 0 fully saturated rings. The summed E-state index contributed by atoms with van der Waals surface area (Å²) in [6.07, 6.45) is 1.91. The van der Waals surface area contributed by atoms with E-state index in [1.54, 1.807) is 30.2 Å². The van der Waals surface area contributed by atoms with Crippen LogP contribution in [0.25, 0.3) is 21.8 Å². The molecule has 0 bridgehead atoms. The molecule has 0 aliphatic heterocycles. The number of hydrogen-bond donors (Lipinski definition) is 0. The molecular formula is C20H18N4O2S. The van der Waals surface area contributed by atoms with E-state index in [1.807, 2.05) is 42.6 Å². The molecule has 2 heterocycles. The predicted molar refractivity (Wildman–Crippen MR) is 105 cm³/mol. The quantitative estimate of drug-likeness (QED) is 0.505. The fraction of sp³-hybridized carbons (Fsp3) is 0.150. The highest BCUT2D eigenvalue weighted by Gasteiger charge is 2.11. The molecule has 0 radical (unpaired) electrons. The highest BCUT2D eigenvalue weighted by Crippen LogP contribution is 2.31. The number of thiazole rings is 1. The van der Waals surface area contributed by atoms with Crippen LogP contribution >= 0.6 is 11.3 Å². The maximum Gasteiger partial charge on any atom is 0.161 e. The molecule has 0 aliphatic carbocycles. The Balaban J connectivity index is 1.53. The van der Waals surface area contributed by atoms with Crippen LogP contribution in [0.2, 0.25) is 0 Å². The van der Waals surface area contributed by atoms with Gasteiger partial charge in [-0.2, -0.15) is 0 Å². The van der Waals surface area contributed by atoms with Crippen LogP contribution in [0.3, 0.4) is 0 Å². The number of methoxy groups -OCH3 is 2. The van der Waals surface area contributed by atoms with Crippen LogP contribution in [-0.4, -0.2) is 34.2 Å². The predicted octanol–water partition coefficient (Wildman–Crippen LogP) is 4.13. The molecule has 0 aliphatic rings. The number of benzene rings is 2. The van der Waals surface area contributed by atoms with E-state index in [0.717, 1.165) is 27.5 Å². The average molecular weight is 378 g/mol. The van der Waals surface area contributed by atoms with Crippen molar-refractivity contribution >= 4 is 11.3 Å². The third kappa shape index (κ3) is 3.68. The van der Waals surface area contributed by atoms with Gasteiger partial charge in [-0.3, -0.25) is 0 Å². The summed E-state index contributed by atoms with van der Waals surface area (Å²) in [5, 5.41) is 11.6. The normalized spacial score (nSPS) is 10.7. The Bertz CT molecular complexity index is 1040. The van der Waals surface area contributed by atoms with Crippen LogP contribution < -0.4 is 9.47 Å². The van der Waals surface area contributed by atoms with Crippen LogP contribution in [0.4, 0.5) is 0 Å². The van der Waals surface area contributed by atoms with Gasteiger partial charge in [0.1, 0.15) is 10.7 Å². The van der Waals surface area contributed by atoms with E-state index in [9.17, 15) is 0 Å². The highest BCUT2D eigenvalue weighted by atomic mass is 32.1. The van der Waals surface area contributed by atoms with E-state index in [2.05, 4.69) is 27.8 Å². The number of aromatic nitrogens is 4. The van der Waals surface area contributed by atoms with Gasteiger partial charge in [0.15, 0.2) is 11.5 Å². The zero-order valence-corrected chi connectivity index (χ0v) is 15.8. The summed E-state index contributed by atoms with van der Waals surface area (Å²) >= 11 is 1.63. The maximum absolute atomic E-state index is 5.36. The molecule has 2 aromatic carbocycles. The van der Waals surface area contributed by atoms with Crippen molar-refractivity contribution in [3.8, 4) is 33.3 Å². The largest absolute Gasteiger partial charge is 0.493 e. The third-order valence-electron chi connectivity index (χ3n) is 4.11. The first-order valence-electron chi connectivity index (χ1n) is 8.39. The van der Waals surface area contributed by atoms with Crippen LogP contribution in [0.15, 0.2) is 60.1 Å². The van der Waals surface area contributed by atoms with Gasteiger partial charge in [0.2, 0.25) is 0 Å². The Morgan fingerprint density at radius 1 is 0.963 bits per heavy atom. The first kappa shape index (κ1) is 17.2. The summed E-state index contributed by atoms with van der Waals surface area (Å²) in [6, 6.07) is 15.9. The molecule has 0 spiro atoms. The highest BCUT2D eigenvalue weighted by molar-refractivity contribution is 7.13. The fourth-order valence-electron chi connectivity index (χ4n) is 2.76. The van der Waals surface area contributed by atoms with Crippen LogP contribution in [0, 0.1) is 0 Å². The Morgan fingerprint density at radius 3 is 2.56 bits per heavy atom. The molecule has 6 nitrogen and oxygen atoms in total. The van der Waals surface area contributed by atoms with Crippen molar-refractivity contribution in [3.63, 3.8) is 0 Å². The van der Waals surface area contributed by atoms with Crippen LogP contribution in [-0.2, 0) is 6.54 Å². The van der Waals surface area contributed by atoms with Crippen molar-refractivity contribution in [2.45, 2.75) is 6.54 Å². The number of nitrogens with zero attached hydrogens (tertiary/aromatic N) is 4. The van der Waals surface area contributed by atoms with E-state index >= 15 is 0 Å². The van der Waals surface area contributed by atoms with E-state index in [1.165, 1.54) is 0 Å². The minimum Gasteiger partial charge on any atom is -0.493 e. The van der Waals surface area contributed by atoms with Crippen molar-refractivity contribution in [1.82, 2.24) is 20.0 Å². The zero-order chi connectivity index (χ0) is 18.6. The molecule has 27 heavy (non-hydrogen) atoms. The molecule has 0 atom stereocenters. The van der Waals surface area contributed by atoms with Gasteiger partial charge in [-0.15, -0.1) is 16.4 Å². The second-order valence-electron chi connectivity index (χ2n) is 5.88. The average Bonchev–Trinajstić information content (AvgIpc) is 3.38. The summed E-state index contributed by atoms with van der Waals surface area (Å²) in [7, 11) is 3.23. The zero-order valence-electron chi connectivity index (χ0n) is 15.0. The van der Waals surface area contributed by atoms with Crippen molar-refractivity contribution in [3.05, 3.63) is 65.8 Å². The molecule has 2 aromatic heterocycles. The molecule has 0 N–H and O–H groups in total. The molecule has 4 aromatic rings. The van der Waals surface area contributed by atoms with E-state index in [-0.39, 0.29) is 0 Å².